The zero-order valence-electron chi connectivity index (χ0n) is 8.53. The van der Waals surface area contributed by atoms with Gasteiger partial charge in [0.2, 0.25) is 0 Å². The van der Waals surface area contributed by atoms with E-state index in [2.05, 4.69) is 0 Å². The van der Waals surface area contributed by atoms with E-state index in [1.807, 2.05) is 0 Å². The molecule has 16 heavy (non-hydrogen) atoms. The van der Waals surface area contributed by atoms with Gasteiger partial charge < -0.3 is 15.3 Å². The highest BCUT2D eigenvalue weighted by Crippen LogP contribution is 2.31. The van der Waals surface area contributed by atoms with E-state index in [9.17, 15) is 4.79 Å². The molecule has 2 aromatic rings. The van der Waals surface area contributed by atoms with Crippen molar-refractivity contribution in [2.24, 2.45) is 5.73 Å². The van der Waals surface area contributed by atoms with Gasteiger partial charge in [-0.15, -0.1) is 0 Å². The van der Waals surface area contributed by atoms with E-state index in [1.54, 1.807) is 25.1 Å². The number of nitrogens with two attached hydrogens (primary N) is 1. The molecule has 0 saturated heterocycles. The lowest BCUT2D eigenvalue weighted by molar-refractivity contribution is -0.138. The lowest BCUT2D eigenvalue weighted by atomic mass is 10.0. The molecule has 0 saturated carbocycles. The van der Waals surface area contributed by atoms with Crippen LogP contribution in [0.5, 0.6) is 0 Å². The molecule has 1 unspecified atom stereocenters. The second-order valence-corrected chi connectivity index (χ2v) is 3.96. The van der Waals surface area contributed by atoms with Crippen molar-refractivity contribution < 1.29 is 14.3 Å². The van der Waals surface area contributed by atoms with Crippen molar-refractivity contribution in [2.75, 3.05) is 0 Å². The van der Waals surface area contributed by atoms with Gasteiger partial charge in [0, 0.05) is 22.0 Å². The molecule has 0 fully saturated rings. The van der Waals surface area contributed by atoms with Crippen LogP contribution in [-0.4, -0.2) is 11.1 Å². The Morgan fingerprint density at radius 3 is 2.88 bits per heavy atom. The van der Waals surface area contributed by atoms with Crippen molar-refractivity contribution in [3.05, 3.63) is 34.5 Å². The minimum atomic E-state index is -1.08. The van der Waals surface area contributed by atoms with Crippen molar-refractivity contribution in [1.29, 1.82) is 0 Å². The molecule has 5 heteroatoms. The Labute approximate surface area is 96.6 Å². The minimum absolute atomic E-state index is 0.499. The predicted molar refractivity (Wildman–Crippen MR) is 60.5 cm³/mol. The summed E-state index contributed by atoms with van der Waals surface area (Å²) in [5.74, 6) is -0.576. The van der Waals surface area contributed by atoms with Gasteiger partial charge in [-0.1, -0.05) is 11.6 Å². The van der Waals surface area contributed by atoms with Crippen LogP contribution < -0.4 is 5.73 Å². The zero-order chi connectivity index (χ0) is 11.9. The first kappa shape index (κ1) is 11.0. The quantitative estimate of drug-likeness (QED) is 0.844. The SMILES string of the molecule is Cc1oc2cc(Cl)ccc2c1C(N)C(=O)O. The number of carbonyl (C=O) groups is 1. The molecule has 1 heterocycles. The van der Waals surface area contributed by atoms with E-state index >= 15 is 0 Å². The van der Waals surface area contributed by atoms with E-state index in [4.69, 9.17) is 26.9 Å². The number of furan rings is 1. The van der Waals surface area contributed by atoms with Crippen LogP contribution in [0.3, 0.4) is 0 Å². The van der Waals surface area contributed by atoms with Gasteiger partial charge in [-0.2, -0.15) is 0 Å². The molecule has 0 aliphatic rings. The summed E-state index contributed by atoms with van der Waals surface area (Å²) >= 11 is 5.81. The van der Waals surface area contributed by atoms with E-state index in [-0.39, 0.29) is 0 Å². The molecule has 3 N–H and O–H groups in total. The van der Waals surface area contributed by atoms with Gasteiger partial charge in [0.1, 0.15) is 17.4 Å². The van der Waals surface area contributed by atoms with Gasteiger partial charge >= 0.3 is 5.97 Å². The van der Waals surface area contributed by atoms with E-state index < -0.39 is 12.0 Å². The van der Waals surface area contributed by atoms with Gasteiger partial charge in [-0.3, -0.25) is 4.79 Å². The molecule has 1 aromatic carbocycles. The molecule has 84 valence electrons. The van der Waals surface area contributed by atoms with Gasteiger partial charge in [-0.25, -0.2) is 0 Å². The Kier molecular flexibility index (Phi) is 2.61. The molecule has 0 spiro atoms. The maximum Gasteiger partial charge on any atom is 0.325 e. The van der Waals surface area contributed by atoms with Crippen LogP contribution >= 0.6 is 11.6 Å². The third-order valence-electron chi connectivity index (χ3n) is 2.45. The summed E-state index contributed by atoms with van der Waals surface area (Å²) in [6.07, 6.45) is 0. The second-order valence-electron chi connectivity index (χ2n) is 3.53. The molecule has 4 nitrogen and oxygen atoms in total. The van der Waals surface area contributed by atoms with Crippen LogP contribution in [0.15, 0.2) is 22.6 Å². The van der Waals surface area contributed by atoms with E-state index in [1.165, 1.54) is 0 Å². The van der Waals surface area contributed by atoms with Crippen molar-refractivity contribution in [3.63, 3.8) is 0 Å². The van der Waals surface area contributed by atoms with Crippen LogP contribution in [0.1, 0.15) is 17.4 Å². The number of hydrogen-bond acceptors (Lipinski definition) is 3. The van der Waals surface area contributed by atoms with Gasteiger partial charge in [0.15, 0.2) is 0 Å². The average Bonchev–Trinajstić information content (AvgIpc) is 2.51. The normalized spacial score (nSPS) is 12.9. The number of carboxylic acid groups (broad SMARTS) is 1. The van der Waals surface area contributed by atoms with Gasteiger partial charge in [0.25, 0.3) is 0 Å². The third kappa shape index (κ3) is 1.66. The zero-order valence-corrected chi connectivity index (χ0v) is 9.28. The fourth-order valence-electron chi connectivity index (χ4n) is 1.72. The Morgan fingerprint density at radius 1 is 1.56 bits per heavy atom. The monoisotopic (exact) mass is 239 g/mol. The lowest BCUT2D eigenvalue weighted by Gasteiger charge is -2.04. The highest BCUT2D eigenvalue weighted by atomic mass is 35.5. The van der Waals surface area contributed by atoms with Crippen LogP contribution in [0.25, 0.3) is 11.0 Å². The number of halogens is 1. The third-order valence-corrected chi connectivity index (χ3v) is 2.69. The first-order valence-corrected chi connectivity index (χ1v) is 5.05. The standard InChI is InChI=1S/C11H10ClNO3/c1-5-9(10(13)11(14)15)7-3-2-6(12)4-8(7)16-5/h2-4,10H,13H2,1H3,(H,14,15). The molecule has 0 aliphatic carbocycles. The lowest BCUT2D eigenvalue weighted by Crippen LogP contribution is -2.21. The first-order valence-electron chi connectivity index (χ1n) is 4.67. The summed E-state index contributed by atoms with van der Waals surface area (Å²) in [7, 11) is 0. The number of fused-ring (bicyclic) bond motifs is 1. The number of aryl methyl sites for hydroxylation is 1. The van der Waals surface area contributed by atoms with E-state index in [0.29, 0.717) is 27.3 Å². The van der Waals surface area contributed by atoms with Crippen LogP contribution in [0.4, 0.5) is 0 Å². The highest BCUT2D eigenvalue weighted by Gasteiger charge is 2.22. The van der Waals surface area contributed by atoms with Gasteiger partial charge in [-0.05, 0) is 19.1 Å². The Balaban J connectivity index is 2.69. The number of carboxylic acids is 1. The Hall–Kier alpha value is -1.52. The molecule has 1 aromatic heterocycles. The Morgan fingerprint density at radius 2 is 2.25 bits per heavy atom. The number of benzene rings is 1. The highest BCUT2D eigenvalue weighted by molar-refractivity contribution is 6.31. The second kappa shape index (κ2) is 3.81. The molecule has 0 aliphatic heterocycles. The summed E-state index contributed by atoms with van der Waals surface area (Å²) < 4.78 is 5.42. The fourth-order valence-corrected chi connectivity index (χ4v) is 1.88. The van der Waals surface area contributed by atoms with E-state index in [0.717, 1.165) is 0 Å². The fraction of sp³-hybridized carbons (Fsp3) is 0.182. The molecular formula is C11H10ClNO3. The molecule has 0 radical (unpaired) electrons. The molecule has 2 rings (SSSR count). The number of hydrogen-bond donors (Lipinski definition) is 2. The van der Waals surface area contributed by atoms with Crippen molar-refractivity contribution in [3.8, 4) is 0 Å². The van der Waals surface area contributed by atoms with Crippen molar-refractivity contribution >= 4 is 28.5 Å². The molecular weight excluding hydrogens is 230 g/mol. The minimum Gasteiger partial charge on any atom is -0.480 e. The topological polar surface area (TPSA) is 76.5 Å². The largest absolute Gasteiger partial charge is 0.480 e. The van der Waals surface area contributed by atoms with Crippen LogP contribution in [0, 0.1) is 6.92 Å². The smallest absolute Gasteiger partial charge is 0.325 e. The van der Waals surface area contributed by atoms with Crippen molar-refractivity contribution in [2.45, 2.75) is 13.0 Å². The predicted octanol–water partition coefficient (Wildman–Crippen LogP) is 2.48. The van der Waals surface area contributed by atoms with Crippen LogP contribution in [-0.2, 0) is 4.79 Å². The van der Waals surface area contributed by atoms with Crippen LogP contribution in [0.2, 0.25) is 5.02 Å². The summed E-state index contributed by atoms with van der Waals surface area (Å²) in [6.45, 7) is 1.69. The van der Waals surface area contributed by atoms with Gasteiger partial charge in [0.05, 0.1) is 0 Å². The van der Waals surface area contributed by atoms with Crippen molar-refractivity contribution in [1.82, 2.24) is 0 Å². The summed E-state index contributed by atoms with van der Waals surface area (Å²) in [6, 6.07) is 3.95. The Bertz CT molecular complexity index is 562. The molecule has 0 amide bonds. The molecule has 1 atom stereocenters. The first-order chi connectivity index (χ1) is 7.50. The maximum atomic E-state index is 10.9. The summed E-state index contributed by atoms with van der Waals surface area (Å²) in [5.41, 5.74) is 6.65. The summed E-state index contributed by atoms with van der Waals surface area (Å²) in [5, 5.41) is 10.1. The number of aliphatic carboxylic acids is 1. The maximum absolute atomic E-state index is 10.9. The average molecular weight is 240 g/mol. The molecule has 0 bridgehead atoms. The summed E-state index contributed by atoms with van der Waals surface area (Å²) in [4.78, 5) is 10.9. The number of rotatable bonds is 2.